The number of hydrogen-bond acceptors (Lipinski definition) is 2. The molecule has 0 spiro atoms. The number of hydrogen-bond donors (Lipinski definition) is 2. The molecule has 0 bridgehead atoms. The van der Waals surface area contributed by atoms with Crippen LogP contribution in [0.2, 0.25) is 0 Å². The molecule has 0 aliphatic carbocycles. The normalized spacial score (nSPS) is 10.2. The molecule has 2 aromatic rings. The van der Waals surface area contributed by atoms with E-state index < -0.39 is 11.8 Å². The van der Waals surface area contributed by atoms with Crippen LogP contribution in [0.3, 0.4) is 0 Å². The van der Waals surface area contributed by atoms with Gasteiger partial charge in [-0.3, -0.25) is 9.59 Å². The van der Waals surface area contributed by atoms with Crippen LogP contribution in [-0.4, -0.2) is 11.8 Å². The predicted octanol–water partition coefficient (Wildman–Crippen LogP) is 3.95. The second-order valence-corrected chi connectivity index (χ2v) is 6.12. The Morgan fingerprint density at radius 3 is 2.00 bits per heavy atom. The van der Waals surface area contributed by atoms with Gasteiger partial charge in [0.25, 0.3) is 0 Å². The Kier molecular flexibility index (Phi) is 4.98. The average Bonchev–Trinajstić information content (AvgIpc) is 2.40. The number of nitrogens with one attached hydrogen (secondary N) is 2. The fourth-order valence-electron chi connectivity index (χ4n) is 2.14. The zero-order valence-electron chi connectivity index (χ0n) is 12.7. The maximum Gasteiger partial charge on any atom is 0.314 e. The van der Waals surface area contributed by atoms with Gasteiger partial charge in [0.05, 0.1) is 5.69 Å². The van der Waals surface area contributed by atoms with Gasteiger partial charge in [-0.05, 0) is 77.7 Å². The Morgan fingerprint density at radius 1 is 0.818 bits per heavy atom. The number of aryl methyl sites for hydroxylation is 3. The topological polar surface area (TPSA) is 58.2 Å². The van der Waals surface area contributed by atoms with Gasteiger partial charge in [-0.25, -0.2) is 0 Å². The number of benzene rings is 2. The highest BCUT2D eigenvalue weighted by Gasteiger charge is 2.15. The Bertz CT molecular complexity index is 721. The summed E-state index contributed by atoms with van der Waals surface area (Å²) in [5, 5.41) is 5.20. The zero-order chi connectivity index (χ0) is 16.3. The van der Waals surface area contributed by atoms with Crippen molar-refractivity contribution in [1.29, 1.82) is 0 Å². The van der Waals surface area contributed by atoms with Crippen LogP contribution in [0.15, 0.2) is 40.9 Å². The fourth-order valence-corrected chi connectivity index (χ4v) is 2.73. The van der Waals surface area contributed by atoms with Gasteiger partial charge < -0.3 is 10.6 Å². The average molecular weight is 361 g/mol. The van der Waals surface area contributed by atoms with Crippen molar-refractivity contribution in [3.8, 4) is 0 Å². The second kappa shape index (κ2) is 6.75. The fraction of sp³-hybridized carbons (Fsp3) is 0.176. The molecular weight excluding hydrogens is 344 g/mol. The van der Waals surface area contributed by atoms with Gasteiger partial charge in [-0.15, -0.1) is 0 Å². The van der Waals surface area contributed by atoms with Crippen LogP contribution in [0.25, 0.3) is 0 Å². The van der Waals surface area contributed by atoms with Gasteiger partial charge in [0, 0.05) is 10.2 Å². The summed E-state index contributed by atoms with van der Waals surface area (Å²) >= 11 is 3.36. The van der Waals surface area contributed by atoms with E-state index in [1.165, 1.54) is 0 Å². The highest BCUT2D eigenvalue weighted by molar-refractivity contribution is 9.10. The summed E-state index contributed by atoms with van der Waals surface area (Å²) in [6, 6.07) is 11.1. The smallest absolute Gasteiger partial charge is 0.314 e. The molecular formula is C17H17BrN2O2. The van der Waals surface area contributed by atoms with Crippen molar-refractivity contribution in [3.05, 3.63) is 57.6 Å². The first-order valence-electron chi connectivity index (χ1n) is 6.82. The zero-order valence-corrected chi connectivity index (χ0v) is 14.2. The summed E-state index contributed by atoms with van der Waals surface area (Å²) in [5.41, 5.74) is 4.28. The van der Waals surface area contributed by atoms with E-state index in [1.54, 1.807) is 6.07 Å². The van der Waals surface area contributed by atoms with Gasteiger partial charge in [0.15, 0.2) is 0 Å². The lowest BCUT2D eigenvalue weighted by Crippen LogP contribution is -2.29. The summed E-state index contributed by atoms with van der Waals surface area (Å²) in [4.78, 5) is 24.0. The quantitative estimate of drug-likeness (QED) is 0.796. The molecule has 0 fully saturated rings. The van der Waals surface area contributed by atoms with E-state index in [2.05, 4.69) is 26.6 Å². The molecule has 114 valence electrons. The van der Waals surface area contributed by atoms with Crippen molar-refractivity contribution in [3.63, 3.8) is 0 Å². The van der Waals surface area contributed by atoms with Crippen LogP contribution in [-0.2, 0) is 9.59 Å². The molecule has 4 nitrogen and oxygen atoms in total. The molecule has 22 heavy (non-hydrogen) atoms. The molecule has 0 atom stereocenters. The van der Waals surface area contributed by atoms with Crippen LogP contribution in [0.5, 0.6) is 0 Å². The molecule has 0 radical (unpaired) electrons. The van der Waals surface area contributed by atoms with Gasteiger partial charge in [-0.1, -0.05) is 12.1 Å². The highest BCUT2D eigenvalue weighted by atomic mass is 79.9. The third-order valence-corrected chi connectivity index (χ3v) is 3.71. The van der Waals surface area contributed by atoms with Crippen LogP contribution in [0.4, 0.5) is 11.4 Å². The van der Waals surface area contributed by atoms with Crippen molar-refractivity contribution >= 4 is 39.1 Å². The van der Waals surface area contributed by atoms with E-state index in [0.29, 0.717) is 11.4 Å². The maximum absolute atomic E-state index is 12.0. The monoisotopic (exact) mass is 360 g/mol. The molecule has 0 unspecified atom stereocenters. The van der Waals surface area contributed by atoms with E-state index in [0.717, 1.165) is 21.2 Å². The van der Waals surface area contributed by atoms with Gasteiger partial charge in [0.1, 0.15) is 0 Å². The number of halogens is 1. The maximum atomic E-state index is 12.0. The molecule has 0 saturated heterocycles. The molecule has 2 aromatic carbocycles. The Balaban J connectivity index is 2.07. The summed E-state index contributed by atoms with van der Waals surface area (Å²) in [6.07, 6.45) is 0. The first-order valence-corrected chi connectivity index (χ1v) is 7.61. The van der Waals surface area contributed by atoms with E-state index in [-0.39, 0.29) is 0 Å². The summed E-state index contributed by atoms with van der Waals surface area (Å²) in [7, 11) is 0. The summed E-state index contributed by atoms with van der Waals surface area (Å²) in [5.74, 6) is -1.40. The van der Waals surface area contributed by atoms with Gasteiger partial charge >= 0.3 is 11.8 Å². The molecule has 0 aliphatic heterocycles. The molecule has 0 aromatic heterocycles. The Hall–Kier alpha value is -2.14. The minimum absolute atomic E-state index is 0.561. The van der Waals surface area contributed by atoms with Gasteiger partial charge in [-0.2, -0.15) is 0 Å². The molecule has 0 saturated carbocycles. The lowest BCUT2D eigenvalue weighted by Gasteiger charge is -2.09. The second-order valence-electron chi connectivity index (χ2n) is 5.27. The van der Waals surface area contributed by atoms with Crippen molar-refractivity contribution in [2.24, 2.45) is 0 Å². The van der Waals surface area contributed by atoms with E-state index in [1.807, 2.05) is 51.1 Å². The van der Waals surface area contributed by atoms with Crippen molar-refractivity contribution in [2.75, 3.05) is 10.6 Å². The molecule has 5 heteroatoms. The van der Waals surface area contributed by atoms with Crippen LogP contribution in [0, 0.1) is 20.8 Å². The summed E-state index contributed by atoms with van der Waals surface area (Å²) < 4.78 is 0.736. The number of carbonyl (C=O) groups is 2. The molecule has 2 rings (SSSR count). The van der Waals surface area contributed by atoms with Gasteiger partial charge in [0.2, 0.25) is 0 Å². The summed E-state index contributed by atoms with van der Waals surface area (Å²) in [6.45, 7) is 5.82. The number of rotatable bonds is 2. The highest BCUT2D eigenvalue weighted by Crippen LogP contribution is 2.23. The predicted molar refractivity (Wildman–Crippen MR) is 92.1 cm³/mol. The Labute approximate surface area is 138 Å². The standard InChI is InChI=1S/C17H17BrN2O2/c1-10-4-5-15(14(18)9-10)20-17(22)16(21)19-13-7-11(2)6-12(3)8-13/h4-9H,1-3H3,(H,19,21)(H,20,22). The van der Waals surface area contributed by atoms with Crippen molar-refractivity contribution in [1.82, 2.24) is 0 Å². The molecule has 0 heterocycles. The number of carbonyl (C=O) groups excluding carboxylic acids is 2. The first kappa shape index (κ1) is 16.2. The van der Waals surface area contributed by atoms with Crippen molar-refractivity contribution in [2.45, 2.75) is 20.8 Å². The number of amides is 2. The van der Waals surface area contributed by atoms with Crippen LogP contribution in [0.1, 0.15) is 16.7 Å². The Morgan fingerprint density at radius 2 is 1.41 bits per heavy atom. The third-order valence-electron chi connectivity index (χ3n) is 3.06. The minimum atomic E-state index is -0.705. The minimum Gasteiger partial charge on any atom is -0.318 e. The van der Waals surface area contributed by atoms with Crippen LogP contribution < -0.4 is 10.6 Å². The van der Waals surface area contributed by atoms with Crippen molar-refractivity contribution < 1.29 is 9.59 Å². The van der Waals surface area contributed by atoms with E-state index in [4.69, 9.17) is 0 Å². The molecule has 2 amide bonds. The first-order chi connectivity index (χ1) is 10.3. The van der Waals surface area contributed by atoms with Crippen LogP contribution >= 0.6 is 15.9 Å². The lowest BCUT2D eigenvalue weighted by atomic mass is 10.1. The van der Waals surface area contributed by atoms with E-state index >= 15 is 0 Å². The SMILES string of the molecule is Cc1cc(C)cc(NC(=O)C(=O)Nc2ccc(C)cc2Br)c1. The molecule has 2 N–H and O–H groups in total. The third kappa shape index (κ3) is 4.18. The van der Waals surface area contributed by atoms with E-state index in [9.17, 15) is 9.59 Å². The molecule has 0 aliphatic rings. The number of anilines is 2. The lowest BCUT2D eigenvalue weighted by molar-refractivity contribution is -0.133. The largest absolute Gasteiger partial charge is 0.318 e.